The molecule has 3 aromatic rings. The Hall–Kier alpha value is -2.89. The molecule has 6 heteroatoms. The van der Waals surface area contributed by atoms with Gasteiger partial charge in [-0.3, -0.25) is 4.79 Å². The van der Waals surface area contributed by atoms with Crippen molar-refractivity contribution in [2.75, 3.05) is 0 Å². The summed E-state index contributed by atoms with van der Waals surface area (Å²) < 4.78 is 3.89. The van der Waals surface area contributed by atoms with Crippen LogP contribution in [0.1, 0.15) is 28.3 Å². The maximum atomic E-state index is 12.6. The van der Waals surface area contributed by atoms with Gasteiger partial charge in [-0.2, -0.15) is 5.10 Å². The van der Waals surface area contributed by atoms with E-state index in [0.717, 1.165) is 36.6 Å². The monoisotopic (exact) mass is 321 g/mol. The average Bonchev–Trinajstić information content (AvgIpc) is 3.23. The zero-order valence-corrected chi connectivity index (χ0v) is 13.5. The van der Waals surface area contributed by atoms with Crippen LogP contribution in [0.3, 0.4) is 0 Å². The van der Waals surface area contributed by atoms with Crippen LogP contribution >= 0.6 is 0 Å². The van der Waals surface area contributed by atoms with E-state index in [2.05, 4.69) is 20.0 Å². The van der Waals surface area contributed by atoms with Gasteiger partial charge in [0.1, 0.15) is 5.82 Å². The molecule has 1 aliphatic heterocycles. The highest BCUT2D eigenvalue weighted by Gasteiger charge is 2.21. The van der Waals surface area contributed by atoms with E-state index in [1.807, 2.05) is 55.8 Å². The second kappa shape index (κ2) is 5.96. The summed E-state index contributed by atoms with van der Waals surface area (Å²) in [4.78, 5) is 16.9. The quantitative estimate of drug-likeness (QED) is 0.803. The van der Waals surface area contributed by atoms with E-state index < -0.39 is 0 Å². The Bertz CT molecular complexity index is 879. The van der Waals surface area contributed by atoms with Crippen molar-refractivity contribution in [3.05, 3.63) is 66.0 Å². The second-order valence-electron chi connectivity index (χ2n) is 6.16. The van der Waals surface area contributed by atoms with Gasteiger partial charge in [0, 0.05) is 43.2 Å². The number of fused-ring (bicyclic) bond motifs is 1. The molecular weight excluding hydrogens is 302 g/mol. The minimum atomic E-state index is -0.0470. The van der Waals surface area contributed by atoms with E-state index in [-0.39, 0.29) is 11.9 Å². The summed E-state index contributed by atoms with van der Waals surface area (Å²) >= 11 is 0. The van der Waals surface area contributed by atoms with Crippen LogP contribution in [0.15, 0.2) is 48.9 Å². The zero-order valence-electron chi connectivity index (χ0n) is 13.5. The molecule has 1 atom stereocenters. The van der Waals surface area contributed by atoms with Gasteiger partial charge < -0.3 is 9.88 Å². The fourth-order valence-electron chi connectivity index (χ4n) is 3.10. The van der Waals surface area contributed by atoms with Crippen LogP contribution in [0.4, 0.5) is 0 Å². The summed E-state index contributed by atoms with van der Waals surface area (Å²) in [7, 11) is 0. The number of nitrogens with zero attached hydrogens (tertiary/aromatic N) is 4. The third-order valence-electron chi connectivity index (χ3n) is 4.37. The Labute approximate surface area is 140 Å². The molecule has 0 spiro atoms. The maximum absolute atomic E-state index is 12.6. The number of imidazole rings is 1. The minimum Gasteiger partial charge on any atom is -0.347 e. The first-order valence-corrected chi connectivity index (χ1v) is 8.12. The molecule has 1 aromatic carbocycles. The Morgan fingerprint density at radius 2 is 2.21 bits per heavy atom. The van der Waals surface area contributed by atoms with Crippen LogP contribution < -0.4 is 5.32 Å². The standard InChI is InChI=1S/C18H19N5O/c1-13-7-9-23(21-13)16-4-2-3-14(11-16)18(24)20-15-5-6-17-19-8-10-22(17)12-15/h2-4,7-11,15H,5-6,12H2,1H3,(H,20,24)/t15-/m0/s1. The Kier molecular flexibility index (Phi) is 3.65. The van der Waals surface area contributed by atoms with Gasteiger partial charge in [-0.15, -0.1) is 0 Å². The molecule has 6 nitrogen and oxygen atoms in total. The predicted octanol–water partition coefficient (Wildman–Crippen LogP) is 2.12. The van der Waals surface area contributed by atoms with E-state index in [1.165, 1.54) is 0 Å². The molecular formula is C18H19N5O. The van der Waals surface area contributed by atoms with E-state index in [9.17, 15) is 4.79 Å². The van der Waals surface area contributed by atoms with Gasteiger partial charge in [-0.05, 0) is 37.6 Å². The number of aromatic nitrogens is 4. The first-order valence-electron chi connectivity index (χ1n) is 8.12. The number of hydrogen-bond donors (Lipinski definition) is 1. The van der Waals surface area contributed by atoms with Crippen LogP contribution in [0.25, 0.3) is 5.69 Å². The number of nitrogens with one attached hydrogen (secondary N) is 1. The van der Waals surface area contributed by atoms with E-state index >= 15 is 0 Å². The molecule has 4 rings (SSSR count). The second-order valence-corrected chi connectivity index (χ2v) is 6.16. The molecule has 0 bridgehead atoms. The van der Waals surface area contributed by atoms with Crippen LogP contribution in [0.5, 0.6) is 0 Å². The number of benzene rings is 1. The average molecular weight is 321 g/mol. The lowest BCUT2D eigenvalue weighted by molar-refractivity contribution is 0.0927. The minimum absolute atomic E-state index is 0.0470. The van der Waals surface area contributed by atoms with Crippen molar-refractivity contribution in [1.82, 2.24) is 24.6 Å². The Morgan fingerprint density at radius 1 is 1.29 bits per heavy atom. The van der Waals surface area contributed by atoms with Crippen LogP contribution in [-0.4, -0.2) is 31.3 Å². The molecule has 0 saturated carbocycles. The summed E-state index contributed by atoms with van der Waals surface area (Å²) in [5.74, 6) is 1.05. The summed E-state index contributed by atoms with van der Waals surface area (Å²) in [5.41, 5.74) is 2.48. The van der Waals surface area contributed by atoms with Gasteiger partial charge in [-0.1, -0.05) is 6.07 Å². The number of aryl methyl sites for hydroxylation is 2. The lowest BCUT2D eigenvalue weighted by Gasteiger charge is -2.24. The van der Waals surface area contributed by atoms with Gasteiger partial charge in [0.05, 0.1) is 11.4 Å². The smallest absolute Gasteiger partial charge is 0.251 e. The van der Waals surface area contributed by atoms with E-state index in [1.54, 1.807) is 4.68 Å². The highest BCUT2D eigenvalue weighted by atomic mass is 16.1. The summed E-state index contributed by atoms with van der Waals surface area (Å²) in [5, 5.41) is 7.52. The molecule has 1 amide bonds. The van der Waals surface area contributed by atoms with Gasteiger partial charge in [0.2, 0.25) is 0 Å². The van der Waals surface area contributed by atoms with E-state index in [4.69, 9.17) is 0 Å². The van der Waals surface area contributed by atoms with Gasteiger partial charge in [-0.25, -0.2) is 9.67 Å². The topological polar surface area (TPSA) is 64.7 Å². The van der Waals surface area contributed by atoms with Crippen molar-refractivity contribution in [1.29, 1.82) is 0 Å². The molecule has 1 aliphatic rings. The summed E-state index contributed by atoms with van der Waals surface area (Å²) in [6.07, 6.45) is 7.49. The van der Waals surface area contributed by atoms with Crippen molar-refractivity contribution in [3.8, 4) is 5.69 Å². The first-order chi connectivity index (χ1) is 11.7. The third kappa shape index (κ3) is 2.82. The summed E-state index contributed by atoms with van der Waals surface area (Å²) in [6, 6.07) is 9.61. The molecule has 122 valence electrons. The lowest BCUT2D eigenvalue weighted by atomic mass is 10.1. The number of hydrogen-bond acceptors (Lipinski definition) is 3. The Balaban J connectivity index is 1.49. The number of rotatable bonds is 3. The van der Waals surface area contributed by atoms with Crippen molar-refractivity contribution >= 4 is 5.91 Å². The van der Waals surface area contributed by atoms with Crippen molar-refractivity contribution in [3.63, 3.8) is 0 Å². The SMILES string of the molecule is Cc1ccn(-c2cccc(C(=O)N[C@H]3CCc4nccn4C3)c2)n1. The van der Waals surface area contributed by atoms with Crippen LogP contribution in [0, 0.1) is 6.92 Å². The van der Waals surface area contributed by atoms with E-state index in [0.29, 0.717) is 5.56 Å². The van der Waals surface area contributed by atoms with Crippen molar-refractivity contribution < 1.29 is 4.79 Å². The largest absolute Gasteiger partial charge is 0.347 e. The molecule has 0 unspecified atom stereocenters. The number of carbonyl (C=O) groups is 1. The zero-order chi connectivity index (χ0) is 16.5. The normalized spacial score (nSPS) is 16.6. The summed E-state index contributed by atoms with van der Waals surface area (Å²) in [6.45, 7) is 2.72. The highest BCUT2D eigenvalue weighted by molar-refractivity contribution is 5.94. The third-order valence-corrected chi connectivity index (χ3v) is 4.37. The van der Waals surface area contributed by atoms with Crippen LogP contribution in [0.2, 0.25) is 0 Å². The maximum Gasteiger partial charge on any atom is 0.251 e. The molecule has 0 fully saturated rings. The molecule has 2 aromatic heterocycles. The van der Waals surface area contributed by atoms with Crippen LogP contribution in [-0.2, 0) is 13.0 Å². The molecule has 1 N–H and O–H groups in total. The molecule has 0 radical (unpaired) electrons. The first kappa shape index (κ1) is 14.7. The molecule has 0 saturated heterocycles. The number of amides is 1. The number of carbonyl (C=O) groups excluding carboxylic acids is 1. The lowest BCUT2D eigenvalue weighted by Crippen LogP contribution is -2.40. The fraction of sp³-hybridized carbons (Fsp3) is 0.278. The highest BCUT2D eigenvalue weighted by Crippen LogP contribution is 2.15. The molecule has 0 aliphatic carbocycles. The Morgan fingerprint density at radius 3 is 3.04 bits per heavy atom. The van der Waals surface area contributed by atoms with Gasteiger partial charge in [0.25, 0.3) is 5.91 Å². The van der Waals surface area contributed by atoms with Gasteiger partial charge >= 0.3 is 0 Å². The fourth-order valence-corrected chi connectivity index (χ4v) is 3.10. The molecule has 3 heterocycles. The predicted molar refractivity (Wildman–Crippen MR) is 90.1 cm³/mol. The van der Waals surface area contributed by atoms with Crippen molar-refractivity contribution in [2.24, 2.45) is 0 Å². The molecule has 24 heavy (non-hydrogen) atoms. The van der Waals surface area contributed by atoms with Crippen molar-refractivity contribution in [2.45, 2.75) is 32.4 Å². The van der Waals surface area contributed by atoms with Gasteiger partial charge in [0.15, 0.2) is 0 Å².